The first-order valence-electron chi connectivity index (χ1n) is 7.15. The molecule has 0 atom stereocenters. The van der Waals surface area contributed by atoms with Gasteiger partial charge >= 0.3 is 0 Å². The Balaban J connectivity index is 1.73. The summed E-state index contributed by atoms with van der Waals surface area (Å²) in [5.41, 5.74) is 2.33. The van der Waals surface area contributed by atoms with E-state index in [0.29, 0.717) is 0 Å². The molecule has 1 aliphatic rings. The zero-order valence-electron chi connectivity index (χ0n) is 11.8. The van der Waals surface area contributed by atoms with Crippen LogP contribution in [-0.4, -0.2) is 23.7 Å². The summed E-state index contributed by atoms with van der Waals surface area (Å²) in [6, 6.07) is 12.4. The van der Waals surface area contributed by atoms with Gasteiger partial charge in [0.15, 0.2) is 0 Å². The minimum atomic E-state index is -0.0383. The lowest BCUT2D eigenvalue weighted by atomic mass is 9.94. The number of nitrogens with zero attached hydrogens (tertiary/aromatic N) is 1. The van der Waals surface area contributed by atoms with E-state index in [1.807, 2.05) is 24.5 Å². The van der Waals surface area contributed by atoms with Gasteiger partial charge in [0, 0.05) is 12.4 Å². The topological polar surface area (TPSA) is 34.1 Å². The molecular weight excluding hydrogens is 248 g/mol. The quantitative estimate of drug-likeness (QED) is 0.927. The molecule has 0 saturated carbocycles. The fraction of sp³-hybridized carbons (Fsp3) is 0.353. The van der Waals surface area contributed by atoms with Crippen molar-refractivity contribution in [1.82, 2.24) is 10.3 Å². The molecule has 0 bridgehead atoms. The molecule has 1 saturated heterocycles. The standard InChI is InChI=1S/C17H20N2O/c1-17(8-12-19-13-9-17)20-16-4-2-14(3-5-16)15-6-10-18-11-7-15/h2-7,10-11,19H,8-9,12-13H2,1H3. The van der Waals surface area contributed by atoms with Crippen molar-refractivity contribution in [3.8, 4) is 16.9 Å². The van der Waals surface area contributed by atoms with Crippen molar-refractivity contribution in [3.05, 3.63) is 48.8 Å². The van der Waals surface area contributed by atoms with Gasteiger partial charge in [-0.25, -0.2) is 0 Å². The van der Waals surface area contributed by atoms with Crippen molar-refractivity contribution in [3.63, 3.8) is 0 Å². The fourth-order valence-corrected chi connectivity index (χ4v) is 2.60. The first kappa shape index (κ1) is 13.1. The van der Waals surface area contributed by atoms with Crippen LogP contribution in [0.3, 0.4) is 0 Å². The largest absolute Gasteiger partial charge is 0.487 e. The molecule has 0 spiro atoms. The summed E-state index contributed by atoms with van der Waals surface area (Å²) < 4.78 is 6.18. The molecule has 3 heteroatoms. The van der Waals surface area contributed by atoms with E-state index in [4.69, 9.17) is 4.74 Å². The molecule has 2 aromatic rings. The minimum Gasteiger partial charge on any atom is -0.487 e. The molecule has 0 aliphatic carbocycles. The molecule has 1 aromatic heterocycles. The zero-order chi connectivity index (χ0) is 13.8. The maximum atomic E-state index is 6.18. The van der Waals surface area contributed by atoms with Crippen LogP contribution in [0.5, 0.6) is 5.75 Å². The average molecular weight is 268 g/mol. The van der Waals surface area contributed by atoms with Crippen LogP contribution in [0, 0.1) is 0 Å². The second kappa shape index (κ2) is 5.63. The number of nitrogens with one attached hydrogen (secondary N) is 1. The van der Waals surface area contributed by atoms with Crippen molar-refractivity contribution in [1.29, 1.82) is 0 Å². The lowest BCUT2D eigenvalue weighted by molar-refractivity contribution is 0.0556. The molecule has 3 rings (SSSR count). The number of hydrogen-bond acceptors (Lipinski definition) is 3. The Morgan fingerprint density at radius 2 is 1.55 bits per heavy atom. The van der Waals surface area contributed by atoms with E-state index >= 15 is 0 Å². The summed E-state index contributed by atoms with van der Waals surface area (Å²) in [5.74, 6) is 0.951. The molecule has 3 nitrogen and oxygen atoms in total. The normalized spacial score (nSPS) is 17.6. The Morgan fingerprint density at radius 1 is 0.950 bits per heavy atom. The van der Waals surface area contributed by atoms with Gasteiger partial charge in [0.25, 0.3) is 0 Å². The lowest BCUT2D eigenvalue weighted by Gasteiger charge is -2.34. The highest BCUT2D eigenvalue weighted by molar-refractivity contribution is 5.63. The highest BCUT2D eigenvalue weighted by Crippen LogP contribution is 2.28. The molecule has 1 aromatic carbocycles. The molecule has 0 radical (unpaired) electrons. The van der Waals surface area contributed by atoms with Crippen LogP contribution < -0.4 is 10.1 Å². The van der Waals surface area contributed by atoms with Crippen molar-refractivity contribution in [2.24, 2.45) is 0 Å². The Hall–Kier alpha value is -1.87. The maximum absolute atomic E-state index is 6.18. The van der Waals surface area contributed by atoms with Gasteiger partial charge in [-0.15, -0.1) is 0 Å². The minimum absolute atomic E-state index is 0.0383. The van der Waals surface area contributed by atoms with E-state index in [2.05, 4.69) is 41.5 Å². The summed E-state index contributed by atoms with van der Waals surface area (Å²) in [6.45, 7) is 4.27. The SMILES string of the molecule is CC1(Oc2ccc(-c3ccncc3)cc2)CCNCC1. The number of benzene rings is 1. The number of ether oxygens (including phenoxy) is 1. The monoisotopic (exact) mass is 268 g/mol. The summed E-state index contributed by atoms with van der Waals surface area (Å²) in [5, 5.41) is 3.37. The van der Waals surface area contributed by atoms with Gasteiger partial charge < -0.3 is 10.1 Å². The molecule has 20 heavy (non-hydrogen) atoms. The first-order chi connectivity index (χ1) is 9.75. The maximum Gasteiger partial charge on any atom is 0.120 e. The second-order valence-corrected chi connectivity index (χ2v) is 5.56. The average Bonchev–Trinajstić information content (AvgIpc) is 2.49. The molecule has 2 heterocycles. The first-order valence-corrected chi connectivity index (χ1v) is 7.15. The lowest BCUT2D eigenvalue weighted by Crippen LogP contribution is -2.43. The summed E-state index contributed by atoms with van der Waals surface area (Å²) in [4.78, 5) is 4.04. The molecule has 0 unspecified atom stereocenters. The van der Waals surface area contributed by atoms with Crippen molar-refractivity contribution < 1.29 is 4.74 Å². The van der Waals surface area contributed by atoms with Gasteiger partial charge in [-0.3, -0.25) is 4.98 Å². The van der Waals surface area contributed by atoms with Crippen LogP contribution in [-0.2, 0) is 0 Å². The van der Waals surface area contributed by atoms with Crippen molar-refractivity contribution in [2.45, 2.75) is 25.4 Å². The number of hydrogen-bond donors (Lipinski definition) is 1. The predicted molar refractivity (Wildman–Crippen MR) is 80.8 cm³/mol. The number of piperidine rings is 1. The van der Waals surface area contributed by atoms with E-state index in [0.717, 1.165) is 31.7 Å². The molecule has 104 valence electrons. The Morgan fingerprint density at radius 3 is 2.20 bits per heavy atom. The van der Waals surface area contributed by atoms with E-state index in [9.17, 15) is 0 Å². The predicted octanol–water partition coefficient (Wildman–Crippen LogP) is 3.27. The van der Waals surface area contributed by atoms with E-state index in [1.54, 1.807) is 0 Å². The highest BCUT2D eigenvalue weighted by Gasteiger charge is 2.28. The Bertz CT molecular complexity index is 545. The number of pyridine rings is 1. The van der Waals surface area contributed by atoms with Crippen LogP contribution >= 0.6 is 0 Å². The Kier molecular flexibility index (Phi) is 3.70. The van der Waals surface area contributed by atoms with E-state index in [-0.39, 0.29) is 5.60 Å². The summed E-state index contributed by atoms with van der Waals surface area (Å²) in [6.07, 6.45) is 5.74. The molecule has 1 fully saturated rings. The highest BCUT2D eigenvalue weighted by atomic mass is 16.5. The number of aromatic nitrogens is 1. The van der Waals surface area contributed by atoms with Gasteiger partial charge in [0.1, 0.15) is 11.4 Å². The fourth-order valence-electron chi connectivity index (χ4n) is 2.60. The van der Waals surface area contributed by atoms with Crippen LogP contribution in [0.4, 0.5) is 0 Å². The molecule has 1 N–H and O–H groups in total. The van der Waals surface area contributed by atoms with Gasteiger partial charge in [0.05, 0.1) is 0 Å². The van der Waals surface area contributed by atoms with Crippen LogP contribution in [0.25, 0.3) is 11.1 Å². The van der Waals surface area contributed by atoms with E-state index < -0.39 is 0 Å². The van der Waals surface area contributed by atoms with Gasteiger partial charge in [-0.1, -0.05) is 12.1 Å². The second-order valence-electron chi connectivity index (χ2n) is 5.56. The van der Waals surface area contributed by atoms with Crippen LogP contribution in [0.15, 0.2) is 48.8 Å². The summed E-state index contributed by atoms with van der Waals surface area (Å²) >= 11 is 0. The van der Waals surface area contributed by atoms with Crippen LogP contribution in [0.1, 0.15) is 19.8 Å². The third-order valence-corrected chi connectivity index (χ3v) is 3.89. The smallest absolute Gasteiger partial charge is 0.120 e. The molecule has 0 amide bonds. The van der Waals surface area contributed by atoms with Crippen LogP contribution in [0.2, 0.25) is 0 Å². The van der Waals surface area contributed by atoms with Gasteiger partial charge in [0.2, 0.25) is 0 Å². The Labute approximate surface area is 120 Å². The van der Waals surface area contributed by atoms with Crippen molar-refractivity contribution in [2.75, 3.05) is 13.1 Å². The van der Waals surface area contributed by atoms with Gasteiger partial charge in [-0.05, 0) is 68.2 Å². The zero-order valence-corrected chi connectivity index (χ0v) is 11.8. The van der Waals surface area contributed by atoms with E-state index in [1.165, 1.54) is 11.1 Å². The number of rotatable bonds is 3. The third-order valence-electron chi connectivity index (χ3n) is 3.89. The third kappa shape index (κ3) is 2.99. The summed E-state index contributed by atoms with van der Waals surface area (Å²) in [7, 11) is 0. The van der Waals surface area contributed by atoms with Crippen molar-refractivity contribution >= 4 is 0 Å². The molecular formula is C17H20N2O. The molecule has 1 aliphatic heterocycles. The van der Waals surface area contributed by atoms with Gasteiger partial charge in [-0.2, -0.15) is 0 Å².